The molecule has 1 N–H and O–H groups in total. The molecule has 0 radical (unpaired) electrons. The highest BCUT2D eigenvalue weighted by atomic mass is 35.5. The van der Waals surface area contributed by atoms with Gasteiger partial charge in [-0.1, -0.05) is 36.2 Å². The van der Waals surface area contributed by atoms with Gasteiger partial charge in [-0.25, -0.2) is 4.79 Å². The number of anilines is 2. The maximum Gasteiger partial charge on any atom is 0.338 e. The molecule has 1 saturated heterocycles. The normalized spacial score (nSPS) is 22.2. The molecule has 1 aliphatic heterocycles. The van der Waals surface area contributed by atoms with Crippen LogP contribution < -0.4 is 10.2 Å². The molecule has 2 aliphatic rings. The highest BCUT2D eigenvalue weighted by Gasteiger charge is 2.50. The van der Waals surface area contributed by atoms with Crippen molar-refractivity contribution in [2.24, 2.45) is 17.8 Å². The fraction of sp³-hybridized carbons (Fsp3) is 0.333. The summed E-state index contributed by atoms with van der Waals surface area (Å²) < 4.78 is 5.10. The largest absolute Gasteiger partial charge is 0.452 e. The number of benzene rings is 2. The summed E-state index contributed by atoms with van der Waals surface area (Å²) in [6.07, 6.45) is 2.31. The number of halogens is 2. The zero-order chi connectivity index (χ0) is 23.7. The summed E-state index contributed by atoms with van der Waals surface area (Å²) in [5.41, 5.74) is 0.804. The minimum absolute atomic E-state index is 0.133. The van der Waals surface area contributed by atoms with Crippen LogP contribution in [-0.2, 0) is 19.1 Å². The third kappa shape index (κ3) is 4.89. The topological polar surface area (TPSA) is 92.8 Å². The molecule has 9 heteroatoms. The maximum absolute atomic E-state index is 12.9. The van der Waals surface area contributed by atoms with Gasteiger partial charge in [0.15, 0.2) is 6.61 Å². The Morgan fingerprint density at radius 1 is 1.06 bits per heavy atom. The number of nitrogens with one attached hydrogen (secondary N) is 1. The van der Waals surface area contributed by atoms with E-state index in [2.05, 4.69) is 12.2 Å². The van der Waals surface area contributed by atoms with Gasteiger partial charge in [-0.3, -0.25) is 19.3 Å². The maximum atomic E-state index is 12.9. The summed E-state index contributed by atoms with van der Waals surface area (Å²) in [7, 11) is 0. The van der Waals surface area contributed by atoms with Gasteiger partial charge in [-0.2, -0.15) is 0 Å². The second kappa shape index (κ2) is 9.53. The molecule has 3 atom stereocenters. The zero-order valence-corrected chi connectivity index (χ0v) is 19.4. The predicted octanol–water partition coefficient (Wildman–Crippen LogP) is 4.71. The van der Waals surface area contributed by atoms with E-state index in [9.17, 15) is 19.2 Å². The van der Waals surface area contributed by atoms with Gasteiger partial charge in [-0.15, -0.1) is 0 Å². The van der Waals surface area contributed by atoms with E-state index in [1.54, 1.807) is 18.2 Å². The lowest BCUT2D eigenvalue weighted by molar-refractivity contribution is -0.122. The predicted molar refractivity (Wildman–Crippen MR) is 124 cm³/mol. The third-order valence-corrected chi connectivity index (χ3v) is 6.62. The first-order chi connectivity index (χ1) is 15.7. The Hall–Kier alpha value is -2.90. The Balaban J connectivity index is 1.41. The van der Waals surface area contributed by atoms with E-state index >= 15 is 0 Å². The molecule has 1 aliphatic carbocycles. The van der Waals surface area contributed by atoms with Crippen LogP contribution in [0.2, 0.25) is 10.0 Å². The molecular formula is C24H22Cl2N2O5. The van der Waals surface area contributed by atoms with E-state index < -0.39 is 18.5 Å². The number of rotatable bonds is 5. The molecule has 2 aromatic rings. The molecule has 2 aromatic carbocycles. The van der Waals surface area contributed by atoms with Crippen molar-refractivity contribution in [1.29, 1.82) is 0 Å². The van der Waals surface area contributed by atoms with Crippen LogP contribution in [0, 0.1) is 17.8 Å². The molecule has 0 bridgehead atoms. The van der Waals surface area contributed by atoms with Crippen molar-refractivity contribution < 1.29 is 23.9 Å². The Bertz CT molecular complexity index is 1140. The Kier molecular flexibility index (Phi) is 6.72. The first-order valence-corrected chi connectivity index (χ1v) is 11.4. The highest BCUT2D eigenvalue weighted by molar-refractivity contribution is 6.36. The van der Waals surface area contributed by atoms with Crippen LogP contribution in [0.5, 0.6) is 0 Å². The van der Waals surface area contributed by atoms with Gasteiger partial charge in [0.05, 0.1) is 33.8 Å². The van der Waals surface area contributed by atoms with E-state index in [1.165, 1.54) is 29.2 Å². The summed E-state index contributed by atoms with van der Waals surface area (Å²) in [5.74, 6) is -1.97. The Labute approximate surface area is 201 Å². The molecule has 2 fully saturated rings. The Morgan fingerprint density at radius 3 is 2.58 bits per heavy atom. The Morgan fingerprint density at radius 2 is 1.82 bits per heavy atom. The van der Waals surface area contributed by atoms with Gasteiger partial charge in [-0.05, 0) is 61.6 Å². The average molecular weight is 489 g/mol. The van der Waals surface area contributed by atoms with Gasteiger partial charge in [0.1, 0.15) is 0 Å². The van der Waals surface area contributed by atoms with E-state index in [0.717, 1.165) is 6.42 Å². The number of esters is 1. The second-order valence-corrected chi connectivity index (χ2v) is 9.29. The molecule has 0 unspecified atom stereocenters. The van der Waals surface area contributed by atoms with E-state index in [4.69, 9.17) is 27.9 Å². The standard InChI is InChI=1S/C24H22Cl2N2O5/c1-13-5-7-17-18(9-13)23(31)28(22(17)30)16-4-2-3-14(10-16)24(32)33-12-21(29)27-20-8-6-15(25)11-19(20)26/h2-4,6,8,10-11,13,17-18H,5,7,9,12H2,1H3,(H,27,29)/t13-,17+,18-/m1/s1. The fourth-order valence-corrected chi connectivity index (χ4v) is 4.86. The number of amides is 3. The summed E-state index contributed by atoms with van der Waals surface area (Å²) in [6.45, 7) is 1.55. The number of carbonyl (C=O) groups excluding carboxylic acids is 4. The van der Waals surface area contributed by atoms with Crippen LogP contribution in [0.25, 0.3) is 0 Å². The third-order valence-electron chi connectivity index (χ3n) is 6.07. The number of nitrogens with zero attached hydrogens (tertiary/aromatic N) is 1. The van der Waals surface area contributed by atoms with Gasteiger partial charge in [0, 0.05) is 5.02 Å². The number of fused-ring (bicyclic) bond motifs is 1. The molecule has 33 heavy (non-hydrogen) atoms. The van der Waals surface area contributed by atoms with Crippen LogP contribution in [0.15, 0.2) is 42.5 Å². The number of ether oxygens (including phenoxy) is 1. The van der Waals surface area contributed by atoms with Gasteiger partial charge in [0.25, 0.3) is 5.91 Å². The molecule has 0 spiro atoms. The minimum Gasteiger partial charge on any atom is -0.452 e. The van der Waals surface area contributed by atoms with Crippen molar-refractivity contribution >= 4 is 58.3 Å². The molecule has 3 amide bonds. The summed E-state index contributed by atoms with van der Waals surface area (Å²) in [5, 5.41) is 3.22. The van der Waals surface area contributed by atoms with E-state index in [1.807, 2.05) is 0 Å². The van der Waals surface area contributed by atoms with Gasteiger partial charge in [0.2, 0.25) is 11.8 Å². The number of imide groups is 1. The number of hydrogen-bond donors (Lipinski definition) is 1. The molecule has 1 saturated carbocycles. The summed E-state index contributed by atoms with van der Waals surface area (Å²) in [6, 6.07) is 10.7. The zero-order valence-electron chi connectivity index (χ0n) is 17.8. The molecule has 7 nitrogen and oxygen atoms in total. The van der Waals surface area contributed by atoms with E-state index in [-0.39, 0.29) is 34.2 Å². The number of hydrogen-bond acceptors (Lipinski definition) is 5. The quantitative estimate of drug-likeness (QED) is 0.485. The van der Waals surface area contributed by atoms with Gasteiger partial charge < -0.3 is 10.1 Å². The molecule has 0 aromatic heterocycles. The lowest BCUT2D eigenvalue weighted by Gasteiger charge is -2.25. The van der Waals surface area contributed by atoms with Crippen LogP contribution in [-0.4, -0.2) is 30.3 Å². The summed E-state index contributed by atoms with van der Waals surface area (Å²) >= 11 is 11.9. The lowest BCUT2D eigenvalue weighted by atomic mass is 9.76. The van der Waals surface area contributed by atoms with Crippen molar-refractivity contribution in [2.75, 3.05) is 16.8 Å². The van der Waals surface area contributed by atoms with Crippen molar-refractivity contribution in [2.45, 2.75) is 26.2 Å². The van der Waals surface area contributed by atoms with Crippen LogP contribution >= 0.6 is 23.2 Å². The molecule has 1 heterocycles. The lowest BCUT2D eigenvalue weighted by Crippen LogP contribution is -2.31. The summed E-state index contributed by atoms with van der Waals surface area (Å²) in [4.78, 5) is 51.6. The van der Waals surface area contributed by atoms with Crippen LogP contribution in [0.4, 0.5) is 11.4 Å². The fourth-order valence-electron chi connectivity index (χ4n) is 4.41. The first-order valence-electron chi connectivity index (χ1n) is 10.6. The van der Waals surface area contributed by atoms with E-state index in [0.29, 0.717) is 35.2 Å². The van der Waals surface area contributed by atoms with Crippen molar-refractivity contribution in [1.82, 2.24) is 0 Å². The van der Waals surface area contributed by atoms with Crippen LogP contribution in [0.3, 0.4) is 0 Å². The number of carbonyl (C=O) groups is 4. The molecule has 172 valence electrons. The average Bonchev–Trinajstić information content (AvgIpc) is 3.03. The first kappa shape index (κ1) is 23.3. The van der Waals surface area contributed by atoms with Crippen LogP contribution in [0.1, 0.15) is 36.5 Å². The van der Waals surface area contributed by atoms with Crippen molar-refractivity contribution in [3.63, 3.8) is 0 Å². The smallest absolute Gasteiger partial charge is 0.338 e. The second-order valence-electron chi connectivity index (χ2n) is 8.44. The molecular weight excluding hydrogens is 467 g/mol. The monoisotopic (exact) mass is 488 g/mol. The van der Waals surface area contributed by atoms with Crippen molar-refractivity contribution in [3.05, 3.63) is 58.1 Å². The molecule has 4 rings (SSSR count). The SMILES string of the molecule is C[C@@H]1CC[C@@H]2C(=O)N(c3cccc(C(=O)OCC(=O)Nc4ccc(Cl)cc4Cl)c3)C(=O)[C@@H]2C1. The van der Waals surface area contributed by atoms with Gasteiger partial charge >= 0.3 is 5.97 Å². The minimum atomic E-state index is -0.751. The highest BCUT2D eigenvalue weighted by Crippen LogP contribution is 2.42. The van der Waals surface area contributed by atoms with Crippen molar-refractivity contribution in [3.8, 4) is 0 Å².